The molecule has 0 amide bonds. The van der Waals surface area contributed by atoms with Gasteiger partial charge in [-0.25, -0.2) is 4.79 Å². The first-order valence-corrected chi connectivity index (χ1v) is 6.15. The van der Waals surface area contributed by atoms with E-state index in [9.17, 15) is 4.79 Å². The molecule has 0 saturated heterocycles. The van der Waals surface area contributed by atoms with Gasteiger partial charge in [0.15, 0.2) is 0 Å². The lowest BCUT2D eigenvalue weighted by Crippen LogP contribution is -2.08. The van der Waals surface area contributed by atoms with Crippen LogP contribution in [0.4, 0.5) is 0 Å². The van der Waals surface area contributed by atoms with Gasteiger partial charge in [0.2, 0.25) is 0 Å². The molecule has 17 heavy (non-hydrogen) atoms. The molecule has 1 aromatic rings. The third kappa shape index (κ3) is 1.43. The molecule has 1 aromatic heterocycles. The second-order valence-corrected chi connectivity index (χ2v) is 4.68. The Balaban J connectivity index is 1.84. The van der Waals surface area contributed by atoms with Crippen molar-refractivity contribution in [3.05, 3.63) is 29.1 Å². The number of ether oxygens (including phenoxy) is 1. The van der Waals surface area contributed by atoms with E-state index in [1.807, 2.05) is 13.8 Å². The third-order valence-electron chi connectivity index (χ3n) is 3.78. The largest absolute Gasteiger partial charge is 0.461 e. The number of aromatic amines is 1. The molecule has 0 aliphatic heterocycles. The first kappa shape index (κ1) is 10.6. The number of carbonyl (C=O) groups excluding carboxylic acids is 1. The Bertz CT molecular complexity index is 490. The van der Waals surface area contributed by atoms with E-state index in [4.69, 9.17) is 4.74 Å². The van der Waals surface area contributed by atoms with Gasteiger partial charge in [-0.3, -0.25) is 5.10 Å². The Labute approximate surface area is 100 Å². The van der Waals surface area contributed by atoms with E-state index in [0.29, 0.717) is 30.1 Å². The van der Waals surface area contributed by atoms with Crippen LogP contribution in [0, 0.1) is 11.8 Å². The van der Waals surface area contributed by atoms with Crippen LogP contribution in [0.15, 0.2) is 12.2 Å². The zero-order valence-electron chi connectivity index (χ0n) is 10.1. The molecule has 2 aliphatic carbocycles. The lowest BCUT2D eigenvalue weighted by atomic mass is 10.1. The highest BCUT2D eigenvalue weighted by Crippen LogP contribution is 2.61. The molecule has 2 aliphatic rings. The molecular weight excluding hydrogens is 216 g/mol. The Morgan fingerprint density at radius 2 is 2.47 bits per heavy atom. The number of nitrogens with one attached hydrogen (secondary N) is 1. The van der Waals surface area contributed by atoms with Crippen LogP contribution in [0.1, 0.15) is 41.5 Å². The van der Waals surface area contributed by atoms with Gasteiger partial charge in [0.1, 0.15) is 5.69 Å². The third-order valence-corrected chi connectivity index (χ3v) is 3.78. The van der Waals surface area contributed by atoms with E-state index in [1.165, 1.54) is 0 Å². The van der Waals surface area contributed by atoms with E-state index in [2.05, 4.69) is 22.3 Å². The van der Waals surface area contributed by atoms with Gasteiger partial charge >= 0.3 is 5.97 Å². The topological polar surface area (TPSA) is 55.0 Å². The van der Waals surface area contributed by atoms with Crippen molar-refractivity contribution in [2.75, 3.05) is 6.61 Å². The van der Waals surface area contributed by atoms with Crippen molar-refractivity contribution in [1.82, 2.24) is 10.2 Å². The van der Waals surface area contributed by atoms with Gasteiger partial charge in [0.25, 0.3) is 0 Å². The molecule has 1 heterocycles. The van der Waals surface area contributed by atoms with Crippen molar-refractivity contribution >= 4 is 5.97 Å². The van der Waals surface area contributed by atoms with Gasteiger partial charge in [0, 0.05) is 11.5 Å². The van der Waals surface area contributed by atoms with Crippen LogP contribution in [-0.2, 0) is 11.2 Å². The van der Waals surface area contributed by atoms with E-state index in [-0.39, 0.29) is 5.97 Å². The minimum Gasteiger partial charge on any atom is -0.461 e. The summed E-state index contributed by atoms with van der Waals surface area (Å²) in [5, 5.41) is 7.13. The molecule has 0 aromatic carbocycles. The number of allylic oxidation sites excluding steroid dienone is 2. The first-order chi connectivity index (χ1) is 8.27. The fraction of sp³-hybridized carbons (Fsp3) is 0.538. The quantitative estimate of drug-likeness (QED) is 0.641. The van der Waals surface area contributed by atoms with Gasteiger partial charge in [-0.05, 0) is 32.1 Å². The Morgan fingerprint density at radius 1 is 1.65 bits per heavy atom. The average Bonchev–Trinajstić information content (AvgIpc) is 2.70. The maximum Gasteiger partial charge on any atom is 0.356 e. The second-order valence-electron chi connectivity index (χ2n) is 4.68. The fourth-order valence-electron chi connectivity index (χ4n) is 3.00. The molecule has 0 spiro atoms. The van der Waals surface area contributed by atoms with Crippen molar-refractivity contribution < 1.29 is 9.53 Å². The lowest BCUT2D eigenvalue weighted by Gasteiger charge is -2.02. The predicted molar refractivity (Wildman–Crippen MR) is 62.8 cm³/mol. The first-order valence-electron chi connectivity index (χ1n) is 6.15. The minimum absolute atomic E-state index is 0.273. The molecule has 3 rings (SSSR count). The zero-order chi connectivity index (χ0) is 12.0. The molecular formula is C13H16N2O2. The zero-order valence-corrected chi connectivity index (χ0v) is 10.1. The van der Waals surface area contributed by atoms with Crippen molar-refractivity contribution in [3.8, 4) is 0 Å². The maximum absolute atomic E-state index is 11.7. The summed E-state index contributed by atoms with van der Waals surface area (Å²) in [5.74, 6) is 1.54. The molecule has 4 heteroatoms. The monoisotopic (exact) mass is 232 g/mol. The summed E-state index contributed by atoms with van der Waals surface area (Å²) >= 11 is 0. The summed E-state index contributed by atoms with van der Waals surface area (Å²) in [6.07, 6.45) is 5.30. The summed E-state index contributed by atoms with van der Waals surface area (Å²) in [5.41, 5.74) is 2.73. The number of hydrogen-bond donors (Lipinski definition) is 1. The predicted octanol–water partition coefficient (Wildman–Crippen LogP) is 2.05. The van der Waals surface area contributed by atoms with E-state index in [0.717, 1.165) is 17.7 Å². The van der Waals surface area contributed by atoms with Gasteiger partial charge in [0.05, 0.1) is 12.3 Å². The Morgan fingerprint density at radius 3 is 3.18 bits per heavy atom. The van der Waals surface area contributed by atoms with Crippen molar-refractivity contribution in [3.63, 3.8) is 0 Å². The summed E-state index contributed by atoms with van der Waals surface area (Å²) in [4.78, 5) is 11.7. The Kier molecular flexibility index (Phi) is 2.31. The van der Waals surface area contributed by atoms with Crippen LogP contribution in [-0.4, -0.2) is 22.8 Å². The number of fused-ring (bicyclic) bond motifs is 3. The van der Waals surface area contributed by atoms with Crippen LogP contribution < -0.4 is 0 Å². The van der Waals surface area contributed by atoms with Crippen LogP contribution in [0.3, 0.4) is 0 Å². The van der Waals surface area contributed by atoms with E-state index >= 15 is 0 Å². The summed E-state index contributed by atoms with van der Waals surface area (Å²) < 4.78 is 5.01. The van der Waals surface area contributed by atoms with E-state index in [1.54, 1.807) is 0 Å². The molecule has 4 nitrogen and oxygen atoms in total. The van der Waals surface area contributed by atoms with Gasteiger partial charge < -0.3 is 4.74 Å². The van der Waals surface area contributed by atoms with Gasteiger partial charge in [-0.1, -0.05) is 12.2 Å². The van der Waals surface area contributed by atoms with Crippen LogP contribution in [0.25, 0.3) is 0 Å². The SMILES string of the molecule is C/C=C\C1C2Cc3c(n[nH]c3C(=O)OCC)C12. The standard InChI is InChI=1S/C13H16N2O2/c1-3-5-7-8-6-9-11(10(7)8)14-15-12(9)13(16)17-4-2/h3,5,7-8,10H,4,6H2,1-2H3,(H,14,15)/b5-3-. The van der Waals surface area contributed by atoms with Crippen molar-refractivity contribution in [2.24, 2.45) is 11.8 Å². The number of nitrogens with zero attached hydrogens (tertiary/aromatic N) is 1. The van der Waals surface area contributed by atoms with Crippen LogP contribution >= 0.6 is 0 Å². The molecule has 0 bridgehead atoms. The highest BCUT2D eigenvalue weighted by Gasteiger charge is 2.56. The van der Waals surface area contributed by atoms with Crippen molar-refractivity contribution in [1.29, 1.82) is 0 Å². The molecule has 3 atom stereocenters. The number of hydrogen-bond acceptors (Lipinski definition) is 3. The maximum atomic E-state index is 11.7. The lowest BCUT2D eigenvalue weighted by molar-refractivity contribution is 0.0518. The summed E-state index contributed by atoms with van der Waals surface area (Å²) in [7, 11) is 0. The van der Waals surface area contributed by atoms with Gasteiger partial charge in [-0.2, -0.15) is 5.10 Å². The molecule has 0 radical (unpaired) electrons. The molecule has 90 valence electrons. The smallest absolute Gasteiger partial charge is 0.356 e. The molecule has 1 saturated carbocycles. The second kappa shape index (κ2) is 3.72. The minimum atomic E-state index is -0.273. The molecule has 3 unspecified atom stereocenters. The molecule has 1 N–H and O–H groups in total. The number of esters is 1. The summed E-state index contributed by atoms with van der Waals surface area (Å²) in [6.45, 7) is 4.26. The fourth-order valence-corrected chi connectivity index (χ4v) is 3.00. The van der Waals surface area contributed by atoms with E-state index < -0.39 is 0 Å². The van der Waals surface area contributed by atoms with Gasteiger partial charge in [-0.15, -0.1) is 0 Å². The number of carbonyl (C=O) groups is 1. The highest BCUT2D eigenvalue weighted by molar-refractivity contribution is 5.89. The number of rotatable bonds is 3. The number of H-pyrrole nitrogens is 1. The Hall–Kier alpha value is -1.58. The average molecular weight is 232 g/mol. The number of aromatic nitrogens is 2. The highest BCUT2D eigenvalue weighted by atomic mass is 16.5. The molecule has 1 fully saturated rings. The van der Waals surface area contributed by atoms with Crippen molar-refractivity contribution in [2.45, 2.75) is 26.2 Å². The van der Waals surface area contributed by atoms with Crippen LogP contribution in [0.2, 0.25) is 0 Å². The normalized spacial score (nSPS) is 29.2. The van der Waals surface area contributed by atoms with Crippen LogP contribution in [0.5, 0.6) is 0 Å². The summed E-state index contributed by atoms with van der Waals surface area (Å²) in [6, 6.07) is 0.